The van der Waals surface area contributed by atoms with Crippen LogP contribution >= 0.6 is 0 Å². The highest BCUT2D eigenvalue weighted by Gasteiger charge is 2.19. The molecule has 0 bridgehead atoms. The molecule has 2 heterocycles. The van der Waals surface area contributed by atoms with E-state index in [0.29, 0.717) is 18.2 Å². The molecule has 5 heteroatoms. The fraction of sp³-hybridized carbons (Fsp3) is 0.409. The van der Waals surface area contributed by atoms with Crippen molar-refractivity contribution in [1.29, 1.82) is 0 Å². The van der Waals surface area contributed by atoms with Crippen molar-refractivity contribution < 1.29 is 4.79 Å². The summed E-state index contributed by atoms with van der Waals surface area (Å²) in [4.78, 5) is 17.3. The zero-order valence-corrected chi connectivity index (χ0v) is 16.0. The molecule has 5 nitrogen and oxygen atoms in total. The second-order valence-electron chi connectivity index (χ2n) is 7.65. The van der Waals surface area contributed by atoms with Gasteiger partial charge in [-0.2, -0.15) is 9.78 Å². The number of pyridine rings is 1. The molecule has 0 radical (unpaired) electrons. The molecule has 1 aliphatic carbocycles. The number of aryl methyl sites for hydroxylation is 2. The summed E-state index contributed by atoms with van der Waals surface area (Å²) in [7, 11) is 0. The number of aromatic nitrogens is 3. The average Bonchev–Trinajstić information content (AvgIpc) is 3.02. The van der Waals surface area contributed by atoms with E-state index in [4.69, 9.17) is 4.98 Å². The van der Waals surface area contributed by atoms with Crippen LogP contribution in [0.3, 0.4) is 0 Å². The number of amides is 1. The molecule has 3 aromatic rings. The first-order valence-electron chi connectivity index (χ1n) is 9.83. The molecule has 1 saturated carbocycles. The number of nitrogens with zero attached hydrogens (tertiary/aromatic N) is 3. The molecule has 2 aromatic heterocycles. The van der Waals surface area contributed by atoms with Crippen LogP contribution < -0.4 is 5.32 Å². The second kappa shape index (κ2) is 7.51. The number of benzene rings is 1. The third kappa shape index (κ3) is 3.87. The predicted octanol–water partition coefficient (Wildman–Crippen LogP) is 4.95. The summed E-state index contributed by atoms with van der Waals surface area (Å²) in [5.41, 5.74) is 2.93. The van der Waals surface area contributed by atoms with Crippen molar-refractivity contribution in [2.75, 3.05) is 5.32 Å². The predicted molar refractivity (Wildman–Crippen MR) is 108 cm³/mol. The molecule has 27 heavy (non-hydrogen) atoms. The summed E-state index contributed by atoms with van der Waals surface area (Å²) in [5, 5.41) is 8.77. The van der Waals surface area contributed by atoms with Gasteiger partial charge in [0.1, 0.15) is 5.82 Å². The van der Waals surface area contributed by atoms with Gasteiger partial charge in [-0.15, -0.1) is 0 Å². The van der Waals surface area contributed by atoms with Gasteiger partial charge in [0.2, 0.25) is 5.91 Å². The van der Waals surface area contributed by atoms with Crippen LogP contribution in [-0.4, -0.2) is 20.7 Å². The number of hydrogen-bond donors (Lipinski definition) is 1. The summed E-state index contributed by atoms with van der Waals surface area (Å²) in [6.07, 6.45) is 6.71. The maximum atomic E-state index is 12.6. The Kier molecular flexibility index (Phi) is 4.92. The summed E-state index contributed by atoms with van der Waals surface area (Å²) in [5.74, 6) is 2.00. The van der Waals surface area contributed by atoms with E-state index in [-0.39, 0.29) is 5.91 Å². The van der Waals surface area contributed by atoms with E-state index >= 15 is 0 Å². The molecular formula is C22H26N4O. The van der Waals surface area contributed by atoms with Gasteiger partial charge >= 0.3 is 0 Å². The van der Waals surface area contributed by atoms with Gasteiger partial charge in [0.15, 0.2) is 5.82 Å². The van der Waals surface area contributed by atoms with E-state index in [1.807, 2.05) is 37.3 Å². The van der Waals surface area contributed by atoms with Gasteiger partial charge in [0, 0.05) is 17.9 Å². The first kappa shape index (κ1) is 17.7. The van der Waals surface area contributed by atoms with E-state index in [0.717, 1.165) is 40.8 Å². The van der Waals surface area contributed by atoms with Gasteiger partial charge in [0.05, 0.1) is 11.2 Å². The Balaban J connectivity index is 1.60. The fourth-order valence-corrected chi connectivity index (χ4v) is 4.05. The lowest BCUT2D eigenvalue weighted by molar-refractivity contribution is -0.117. The standard InChI is InChI=1S/C22H26N4O/c1-15-12-20(23-19-11-7-6-10-18(15)19)26-21(13-16(2)25-26)24-22(27)14-17-8-4-3-5-9-17/h6-7,10-13,17H,3-5,8-9,14H2,1-2H3,(H,24,27). The zero-order chi connectivity index (χ0) is 18.8. The van der Waals surface area contributed by atoms with Crippen LogP contribution in [0, 0.1) is 19.8 Å². The average molecular weight is 362 g/mol. The third-order valence-corrected chi connectivity index (χ3v) is 5.42. The van der Waals surface area contributed by atoms with Crippen molar-refractivity contribution in [3.63, 3.8) is 0 Å². The maximum absolute atomic E-state index is 12.6. The molecule has 0 saturated heterocycles. The largest absolute Gasteiger partial charge is 0.311 e. The van der Waals surface area contributed by atoms with Crippen LogP contribution in [0.2, 0.25) is 0 Å². The molecule has 0 spiro atoms. The Morgan fingerprint density at radius 2 is 1.93 bits per heavy atom. The van der Waals surface area contributed by atoms with Gasteiger partial charge in [0.25, 0.3) is 0 Å². The van der Waals surface area contributed by atoms with E-state index < -0.39 is 0 Å². The number of carbonyl (C=O) groups is 1. The van der Waals surface area contributed by atoms with Crippen molar-refractivity contribution >= 4 is 22.6 Å². The number of rotatable bonds is 4. The Hall–Kier alpha value is -2.69. The third-order valence-electron chi connectivity index (χ3n) is 5.42. The number of hydrogen-bond acceptors (Lipinski definition) is 3. The van der Waals surface area contributed by atoms with Crippen LogP contribution in [0.15, 0.2) is 36.4 Å². The SMILES string of the molecule is Cc1cc(NC(=O)CC2CCCCC2)n(-c2cc(C)c3ccccc3n2)n1. The Labute approximate surface area is 159 Å². The molecule has 0 aliphatic heterocycles. The highest BCUT2D eigenvalue weighted by atomic mass is 16.1. The Morgan fingerprint density at radius 1 is 1.15 bits per heavy atom. The number of para-hydroxylation sites is 1. The van der Waals surface area contributed by atoms with Crippen LogP contribution in [0.5, 0.6) is 0 Å². The molecule has 140 valence electrons. The monoisotopic (exact) mass is 362 g/mol. The molecular weight excluding hydrogens is 336 g/mol. The molecule has 0 atom stereocenters. The normalized spacial score (nSPS) is 15.2. The van der Waals surface area contributed by atoms with E-state index in [1.54, 1.807) is 4.68 Å². The van der Waals surface area contributed by atoms with Crippen LogP contribution in [0.4, 0.5) is 5.82 Å². The lowest BCUT2D eigenvalue weighted by Crippen LogP contribution is -2.20. The maximum Gasteiger partial charge on any atom is 0.225 e. The topological polar surface area (TPSA) is 59.8 Å². The zero-order valence-electron chi connectivity index (χ0n) is 16.0. The fourth-order valence-electron chi connectivity index (χ4n) is 4.05. The minimum Gasteiger partial charge on any atom is -0.311 e. The van der Waals surface area contributed by atoms with Gasteiger partial charge in [-0.3, -0.25) is 4.79 Å². The number of fused-ring (bicyclic) bond motifs is 1. The summed E-state index contributed by atoms with van der Waals surface area (Å²) >= 11 is 0. The van der Waals surface area contributed by atoms with Crippen molar-refractivity contribution in [2.45, 2.75) is 52.4 Å². The Morgan fingerprint density at radius 3 is 2.74 bits per heavy atom. The highest BCUT2D eigenvalue weighted by molar-refractivity contribution is 5.90. The van der Waals surface area contributed by atoms with Crippen molar-refractivity contribution in [3.05, 3.63) is 47.7 Å². The molecule has 1 amide bonds. The summed E-state index contributed by atoms with van der Waals surface area (Å²) in [6.45, 7) is 4.01. The van der Waals surface area contributed by atoms with Crippen molar-refractivity contribution in [1.82, 2.24) is 14.8 Å². The molecule has 1 N–H and O–H groups in total. The first-order chi connectivity index (χ1) is 13.1. The lowest BCUT2D eigenvalue weighted by atomic mass is 9.87. The van der Waals surface area contributed by atoms with Crippen molar-refractivity contribution in [3.8, 4) is 5.82 Å². The number of nitrogens with one attached hydrogen (secondary N) is 1. The summed E-state index contributed by atoms with van der Waals surface area (Å²) in [6, 6.07) is 12.0. The van der Waals surface area contributed by atoms with Crippen molar-refractivity contribution in [2.24, 2.45) is 5.92 Å². The quantitative estimate of drug-likeness (QED) is 0.714. The molecule has 0 unspecified atom stereocenters. The van der Waals surface area contributed by atoms with Gasteiger partial charge in [-0.05, 0) is 50.3 Å². The second-order valence-corrected chi connectivity index (χ2v) is 7.65. The molecule has 1 aliphatic rings. The van der Waals surface area contributed by atoms with Gasteiger partial charge in [-0.1, -0.05) is 37.5 Å². The molecule has 4 rings (SSSR count). The highest BCUT2D eigenvalue weighted by Crippen LogP contribution is 2.27. The minimum absolute atomic E-state index is 0.0700. The van der Waals surface area contributed by atoms with E-state index in [1.165, 1.54) is 19.3 Å². The van der Waals surface area contributed by atoms with Crippen LogP contribution in [0.25, 0.3) is 16.7 Å². The Bertz CT molecular complexity index is 970. The summed E-state index contributed by atoms with van der Waals surface area (Å²) < 4.78 is 1.74. The number of anilines is 1. The van der Waals surface area contributed by atoms with E-state index in [9.17, 15) is 4.79 Å². The van der Waals surface area contributed by atoms with Gasteiger partial charge < -0.3 is 5.32 Å². The molecule has 1 fully saturated rings. The lowest BCUT2D eigenvalue weighted by Gasteiger charge is -2.20. The number of carbonyl (C=O) groups excluding carboxylic acids is 1. The van der Waals surface area contributed by atoms with E-state index in [2.05, 4.69) is 23.4 Å². The van der Waals surface area contributed by atoms with Crippen LogP contribution in [-0.2, 0) is 4.79 Å². The van der Waals surface area contributed by atoms with Crippen LogP contribution in [0.1, 0.15) is 49.8 Å². The first-order valence-corrected chi connectivity index (χ1v) is 9.83. The van der Waals surface area contributed by atoms with Gasteiger partial charge in [-0.25, -0.2) is 4.98 Å². The smallest absolute Gasteiger partial charge is 0.225 e. The minimum atomic E-state index is 0.0700. The molecule has 1 aromatic carbocycles.